The Morgan fingerprint density at radius 2 is 1.72 bits per heavy atom. The first-order valence-electron chi connectivity index (χ1n) is 9.53. The van der Waals surface area contributed by atoms with E-state index in [2.05, 4.69) is 10.6 Å². The van der Waals surface area contributed by atoms with Crippen LogP contribution in [-0.4, -0.2) is 37.5 Å². The van der Waals surface area contributed by atoms with E-state index in [4.69, 9.17) is 9.47 Å². The van der Waals surface area contributed by atoms with Crippen LogP contribution in [0.4, 0.5) is 5.69 Å². The molecule has 2 aromatic rings. The van der Waals surface area contributed by atoms with Gasteiger partial charge >= 0.3 is 5.97 Å². The zero-order valence-corrected chi connectivity index (χ0v) is 16.3. The highest BCUT2D eigenvalue weighted by atomic mass is 16.5. The molecule has 1 fully saturated rings. The van der Waals surface area contributed by atoms with Gasteiger partial charge in [-0.05, 0) is 49.1 Å². The number of esters is 1. The highest BCUT2D eigenvalue weighted by molar-refractivity contribution is 6.01. The normalized spacial score (nSPS) is 12.7. The van der Waals surface area contributed by atoms with Crippen molar-refractivity contribution in [1.82, 2.24) is 5.32 Å². The number of amides is 2. The molecule has 1 aliphatic rings. The number of benzene rings is 2. The summed E-state index contributed by atoms with van der Waals surface area (Å²) in [5.74, 6) is -0.423. The number of anilines is 1. The van der Waals surface area contributed by atoms with Gasteiger partial charge in [-0.25, -0.2) is 4.79 Å². The third kappa shape index (κ3) is 6.34. The minimum absolute atomic E-state index is 0.207. The second-order valence-corrected chi connectivity index (χ2v) is 6.86. The third-order valence-electron chi connectivity index (χ3n) is 4.50. The number of rotatable bonds is 9. The number of ether oxygens (including phenoxy) is 2. The maximum absolute atomic E-state index is 12.3. The van der Waals surface area contributed by atoms with E-state index >= 15 is 0 Å². The molecule has 0 heterocycles. The topological polar surface area (TPSA) is 93.7 Å². The lowest BCUT2D eigenvalue weighted by atomic mass is 10.1. The van der Waals surface area contributed by atoms with Gasteiger partial charge in [-0.2, -0.15) is 0 Å². The van der Waals surface area contributed by atoms with Crippen LogP contribution >= 0.6 is 0 Å². The van der Waals surface area contributed by atoms with Crippen molar-refractivity contribution in [3.63, 3.8) is 0 Å². The second-order valence-electron chi connectivity index (χ2n) is 6.86. The number of para-hydroxylation sites is 1. The Morgan fingerprint density at radius 3 is 2.41 bits per heavy atom. The molecule has 0 radical (unpaired) electrons. The van der Waals surface area contributed by atoms with Crippen LogP contribution in [0.5, 0.6) is 5.75 Å². The van der Waals surface area contributed by atoms with Crippen LogP contribution in [0.3, 0.4) is 0 Å². The Bertz CT molecular complexity index is 875. The van der Waals surface area contributed by atoms with Gasteiger partial charge < -0.3 is 20.1 Å². The van der Waals surface area contributed by atoms with Gasteiger partial charge in [-0.3, -0.25) is 9.59 Å². The van der Waals surface area contributed by atoms with E-state index in [0.29, 0.717) is 12.1 Å². The van der Waals surface area contributed by atoms with E-state index in [9.17, 15) is 14.4 Å². The average Bonchev–Trinajstić information content (AvgIpc) is 3.55. The van der Waals surface area contributed by atoms with Gasteiger partial charge in [0.1, 0.15) is 5.75 Å². The lowest BCUT2D eigenvalue weighted by molar-refractivity contribution is -0.124. The molecule has 7 heteroatoms. The first kappa shape index (κ1) is 20.4. The number of aryl methyl sites for hydroxylation is 1. The van der Waals surface area contributed by atoms with E-state index in [1.807, 2.05) is 24.3 Å². The minimum atomic E-state index is -0.651. The van der Waals surface area contributed by atoms with Crippen LogP contribution in [0, 0.1) is 0 Å². The molecule has 29 heavy (non-hydrogen) atoms. The molecule has 0 aromatic heterocycles. The number of carbonyl (C=O) groups is 3. The predicted molar refractivity (Wildman–Crippen MR) is 108 cm³/mol. The Kier molecular flexibility index (Phi) is 6.84. The number of hydrogen-bond donors (Lipinski definition) is 2. The van der Waals surface area contributed by atoms with Crippen molar-refractivity contribution in [2.45, 2.75) is 31.7 Å². The van der Waals surface area contributed by atoms with Crippen molar-refractivity contribution in [2.24, 2.45) is 0 Å². The molecule has 2 amide bonds. The molecule has 0 saturated heterocycles. The van der Waals surface area contributed by atoms with Gasteiger partial charge in [0.15, 0.2) is 6.61 Å². The SMILES string of the molecule is COc1ccc(CCC(=O)Nc2ccccc2C(=O)OCC(=O)NC2CC2)cc1. The van der Waals surface area contributed by atoms with Crippen molar-refractivity contribution >= 4 is 23.5 Å². The lowest BCUT2D eigenvalue weighted by Crippen LogP contribution is -2.30. The summed E-state index contributed by atoms with van der Waals surface area (Å²) in [4.78, 5) is 36.3. The first-order valence-corrected chi connectivity index (χ1v) is 9.53. The van der Waals surface area contributed by atoms with Crippen LogP contribution in [0.1, 0.15) is 35.2 Å². The summed E-state index contributed by atoms with van der Waals surface area (Å²) in [5, 5.41) is 5.50. The zero-order valence-electron chi connectivity index (χ0n) is 16.3. The van der Waals surface area contributed by atoms with Crippen molar-refractivity contribution in [3.05, 3.63) is 59.7 Å². The fourth-order valence-corrected chi connectivity index (χ4v) is 2.74. The van der Waals surface area contributed by atoms with Crippen LogP contribution in [-0.2, 0) is 20.7 Å². The van der Waals surface area contributed by atoms with Crippen LogP contribution in [0.15, 0.2) is 48.5 Å². The molecule has 0 atom stereocenters. The highest BCUT2D eigenvalue weighted by Crippen LogP contribution is 2.19. The van der Waals surface area contributed by atoms with E-state index in [1.54, 1.807) is 31.4 Å². The Morgan fingerprint density at radius 1 is 1.00 bits per heavy atom. The van der Waals surface area contributed by atoms with Gasteiger partial charge in [0.05, 0.1) is 18.4 Å². The van der Waals surface area contributed by atoms with Crippen molar-refractivity contribution in [2.75, 3.05) is 19.0 Å². The van der Waals surface area contributed by atoms with Crippen LogP contribution in [0.2, 0.25) is 0 Å². The third-order valence-corrected chi connectivity index (χ3v) is 4.50. The molecule has 3 rings (SSSR count). The average molecular weight is 396 g/mol. The summed E-state index contributed by atoms with van der Waals surface area (Å²) in [6, 6.07) is 14.3. The van der Waals surface area contributed by atoms with Crippen LogP contribution < -0.4 is 15.4 Å². The second kappa shape index (κ2) is 9.73. The van der Waals surface area contributed by atoms with Gasteiger partial charge in [-0.1, -0.05) is 24.3 Å². The Balaban J connectivity index is 1.52. The quantitative estimate of drug-likeness (QED) is 0.636. The molecule has 2 N–H and O–H groups in total. The van der Waals surface area contributed by atoms with Gasteiger partial charge in [0.2, 0.25) is 5.91 Å². The molecule has 0 bridgehead atoms. The monoisotopic (exact) mass is 396 g/mol. The summed E-state index contributed by atoms with van der Waals surface area (Å²) >= 11 is 0. The molecular weight excluding hydrogens is 372 g/mol. The summed E-state index contributed by atoms with van der Waals surface area (Å²) < 4.78 is 10.2. The Hall–Kier alpha value is -3.35. The molecule has 2 aromatic carbocycles. The molecule has 0 aliphatic heterocycles. The smallest absolute Gasteiger partial charge is 0.340 e. The Labute approximate surface area is 169 Å². The first-order chi connectivity index (χ1) is 14.0. The summed E-state index contributed by atoms with van der Waals surface area (Å²) in [7, 11) is 1.60. The molecule has 152 valence electrons. The largest absolute Gasteiger partial charge is 0.497 e. The number of carbonyl (C=O) groups excluding carboxylic acids is 3. The van der Waals surface area contributed by atoms with Gasteiger partial charge in [0.25, 0.3) is 5.91 Å². The van der Waals surface area contributed by atoms with E-state index in [0.717, 1.165) is 24.2 Å². The lowest BCUT2D eigenvalue weighted by Gasteiger charge is -2.11. The van der Waals surface area contributed by atoms with E-state index in [1.165, 1.54) is 0 Å². The number of methoxy groups -OCH3 is 1. The molecule has 1 aliphatic carbocycles. The maximum atomic E-state index is 12.3. The minimum Gasteiger partial charge on any atom is -0.497 e. The molecule has 0 unspecified atom stereocenters. The van der Waals surface area contributed by atoms with Gasteiger partial charge in [0, 0.05) is 12.5 Å². The fraction of sp³-hybridized carbons (Fsp3) is 0.318. The van der Waals surface area contributed by atoms with Gasteiger partial charge in [-0.15, -0.1) is 0 Å². The van der Waals surface area contributed by atoms with Crippen molar-refractivity contribution in [3.8, 4) is 5.75 Å². The van der Waals surface area contributed by atoms with Crippen molar-refractivity contribution < 1.29 is 23.9 Å². The molecule has 1 saturated carbocycles. The summed E-state index contributed by atoms with van der Waals surface area (Å²) in [6.07, 6.45) is 2.75. The van der Waals surface area contributed by atoms with Crippen LogP contribution in [0.25, 0.3) is 0 Å². The maximum Gasteiger partial charge on any atom is 0.340 e. The van der Waals surface area contributed by atoms with E-state index in [-0.39, 0.29) is 36.4 Å². The zero-order chi connectivity index (χ0) is 20.6. The van der Waals surface area contributed by atoms with E-state index < -0.39 is 5.97 Å². The highest BCUT2D eigenvalue weighted by Gasteiger charge is 2.24. The fourth-order valence-electron chi connectivity index (χ4n) is 2.74. The number of hydrogen-bond acceptors (Lipinski definition) is 5. The standard InChI is InChI=1S/C22H24N2O5/c1-28-17-11-6-15(7-12-17)8-13-20(25)24-19-5-3-2-4-18(19)22(27)29-14-21(26)23-16-9-10-16/h2-7,11-12,16H,8-10,13-14H2,1H3,(H,23,26)(H,24,25). The summed E-state index contributed by atoms with van der Waals surface area (Å²) in [5.41, 5.74) is 1.58. The van der Waals surface area contributed by atoms with Crippen molar-refractivity contribution in [1.29, 1.82) is 0 Å². The predicted octanol–water partition coefficient (Wildman–Crippen LogP) is 2.70. The summed E-state index contributed by atoms with van der Waals surface area (Å²) in [6.45, 7) is -0.338. The molecular formula is C22H24N2O5. The molecule has 7 nitrogen and oxygen atoms in total. The number of nitrogens with one attached hydrogen (secondary N) is 2. The molecule has 0 spiro atoms.